The van der Waals surface area contributed by atoms with Gasteiger partial charge in [-0.3, -0.25) is 0 Å². The van der Waals surface area contributed by atoms with Crippen LogP contribution in [0.25, 0.3) is 0 Å². The lowest BCUT2D eigenvalue weighted by atomic mass is 10.1. The predicted molar refractivity (Wildman–Crippen MR) is 92.2 cm³/mol. The minimum absolute atomic E-state index is 0. The van der Waals surface area contributed by atoms with Gasteiger partial charge in [-0.2, -0.15) is 0 Å². The molecule has 1 heterocycles. The minimum Gasteiger partial charge on any atom is -0.370 e. The molecule has 6 heteroatoms. The Morgan fingerprint density at radius 1 is 1.09 bits per heavy atom. The van der Waals surface area contributed by atoms with Crippen molar-refractivity contribution in [2.24, 2.45) is 0 Å². The highest BCUT2D eigenvalue weighted by Gasteiger charge is 2.25. The maximum atomic E-state index is 12.7. The van der Waals surface area contributed by atoms with E-state index in [1.807, 2.05) is 24.3 Å². The Morgan fingerprint density at radius 2 is 1.82 bits per heavy atom. The number of hydrogen-bond acceptors (Lipinski definition) is 3. The van der Waals surface area contributed by atoms with Crippen molar-refractivity contribution in [1.82, 2.24) is 4.72 Å². The second-order valence-corrected chi connectivity index (χ2v) is 7.43. The first-order valence-electron chi connectivity index (χ1n) is 7.70. The first-order valence-corrected chi connectivity index (χ1v) is 9.18. The van der Waals surface area contributed by atoms with Crippen molar-refractivity contribution in [1.29, 1.82) is 0 Å². The smallest absolute Gasteiger partial charge is 0.243 e. The van der Waals surface area contributed by atoms with Crippen molar-refractivity contribution in [2.45, 2.75) is 43.0 Å². The fourth-order valence-corrected chi connectivity index (χ4v) is 4.53. The lowest BCUT2D eigenvalue weighted by Crippen LogP contribution is -2.35. The number of piperidine rings is 1. The van der Waals surface area contributed by atoms with Crippen molar-refractivity contribution >= 4 is 28.1 Å². The van der Waals surface area contributed by atoms with E-state index in [1.165, 1.54) is 6.42 Å². The Kier molecular flexibility index (Phi) is 5.89. The number of anilines is 1. The number of nitrogens with zero attached hydrogens (tertiary/aromatic N) is 1. The van der Waals surface area contributed by atoms with E-state index in [4.69, 9.17) is 0 Å². The van der Waals surface area contributed by atoms with Crippen LogP contribution in [0, 0.1) is 0 Å². The highest BCUT2D eigenvalue weighted by molar-refractivity contribution is 7.89. The van der Waals surface area contributed by atoms with Gasteiger partial charge in [0.15, 0.2) is 0 Å². The van der Waals surface area contributed by atoms with Crippen molar-refractivity contribution in [2.75, 3.05) is 18.0 Å². The number of allylic oxidation sites excluding steroid dienone is 1. The van der Waals surface area contributed by atoms with Crippen molar-refractivity contribution < 1.29 is 8.42 Å². The van der Waals surface area contributed by atoms with Crippen molar-refractivity contribution in [3.63, 3.8) is 0 Å². The van der Waals surface area contributed by atoms with E-state index in [0.29, 0.717) is 4.90 Å². The molecule has 1 N–H and O–H groups in total. The Labute approximate surface area is 139 Å². The molecule has 4 nitrogen and oxygen atoms in total. The molecule has 0 saturated carbocycles. The van der Waals surface area contributed by atoms with Gasteiger partial charge in [0.1, 0.15) is 4.90 Å². The standard InChI is InChI=1S/C16H22N2O2S.ClH/c19-21(20,17-14-8-2-3-9-14)16-11-5-4-10-15(16)18-12-6-1-7-13-18;/h2,4-5,8,10-11,14,17H,1,3,6-7,9,12-13H2;1H. The molecular weight excluding hydrogens is 320 g/mol. The maximum Gasteiger partial charge on any atom is 0.243 e. The number of para-hydroxylation sites is 1. The van der Waals surface area contributed by atoms with Gasteiger partial charge in [0.05, 0.1) is 5.69 Å². The summed E-state index contributed by atoms with van der Waals surface area (Å²) < 4.78 is 28.2. The van der Waals surface area contributed by atoms with Crippen LogP contribution in [0.1, 0.15) is 32.1 Å². The zero-order valence-corrected chi connectivity index (χ0v) is 14.2. The molecule has 22 heavy (non-hydrogen) atoms. The summed E-state index contributed by atoms with van der Waals surface area (Å²) in [4.78, 5) is 2.61. The molecule has 122 valence electrons. The molecule has 2 aliphatic rings. The van der Waals surface area contributed by atoms with E-state index < -0.39 is 10.0 Å². The maximum absolute atomic E-state index is 12.7. The van der Waals surface area contributed by atoms with E-state index in [1.54, 1.807) is 12.1 Å². The highest BCUT2D eigenvalue weighted by atomic mass is 35.5. The van der Waals surface area contributed by atoms with Gasteiger partial charge in [-0.15, -0.1) is 12.4 Å². The van der Waals surface area contributed by atoms with Crippen LogP contribution < -0.4 is 9.62 Å². The largest absolute Gasteiger partial charge is 0.370 e. The molecule has 3 rings (SSSR count). The Balaban J connectivity index is 0.00000176. The van der Waals surface area contributed by atoms with Crippen LogP contribution in [0.15, 0.2) is 41.3 Å². The lowest BCUT2D eigenvalue weighted by Gasteiger charge is -2.30. The average molecular weight is 343 g/mol. The van der Waals surface area contributed by atoms with Gasteiger partial charge in [-0.05, 0) is 44.2 Å². The summed E-state index contributed by atoms with van der Waals surface area (Å²) in [6, 6.07) is 7.28. The molecule has 0 amide bonds. The Morgan fingerprint density at radius 3 is 2.50 bits per heavy atom. The van der Waals surface area contributed by atoms with Crippen molar-refractivity contribution in [3.05, 3.63) is 36.4 Å². The number of nitrogens with one attached hydrogen (secondary N) is 1. The zero-order valence-electron chi connectivity index (χ0n) is 12.6. The van der Waals surface area contributed by atoms with Crippen LogP contribution in [0.3, 0.4) is 0 Å². The molecular formula is C16H23ClN2O2S. The molecule has 1 fully saturated rings. The summed E-state index contributed by atoms with van der Waals surface area (Å²) in [5, 5.41) is 0. The van der Waals surface area contributed by atoms with Gasteiger partial charge in [0.2, 0.25) is 10.0 Å². The molecule has 1 aliphatic heterocycles. The minimum atomic E-state index is -3.47. The fourth-order valence-electron chi connectivity index (χ4n) is 3.07. The molecule has 1 saturated heterocycles. The molecule has 1 aromatic carbocycles. The lowest BCUT2D eigenvalue weighted by molar-refractivity contribution is 0.560. The summed E-state index contributed by atoms with van der Waals surface area (Å²) >= 11 is 0. The second kappa shape index (κ2) is 7.49. The van der Waals surface area contributed by atoms with Gasteiger partial charge in [0.25, 0.3) is 0 Å². The van der Waals surface area contributed by atoms with E-state index in [0.717, 1.165) is 44.5 Å². The van der Waals surface area contributed by atoms with Crippen LogP contribution in [-0.4, -0.2) is 27.5 Å². The Hall–Kier alpha value is -1.04. The molecule has 1 atom stereocenters. The van der Waals surface area contributed by atoms with E-state index in [-0.39, 0.29) is 18.4 Å². The number of rotatable bonds is 4. The number of benzene rings is 1. The summed E-state index contributed by atoms with van der Waals surface area (Å²) in [5.74, 6) is 0. The highest BCUT2D eigenvalue weighted by Crippen LogP contribution is 2.28. The van der Waals surface area contributed by atoms with Gasteiger partial charge in [0, 0.05) is 19.1 Å². The summed E-state index contributed by atoms with van der Waals surface area (Å²) in [5.41, 5.74) is 0.840. The average Bonchev–Trinajstić information content (AvgIpc) is 3.00. The molecule has 0 spiro atoms. The molecule has 1 aliphatic carbocycles. The summed E-state index contributed by atoms with van der Waals surface area (Å²) in [7, 11) is -3.47. The third-order valence-corrected chi connectivity index (χ3v) is 5.71. The van der Waals surface area contributed by atoms with Crippen LogP contribution in [0.2, 0.25) is 0 Å². The monoisotopic (exact) mass is 342 g/mol. The van der Waals surface area contributed by atoms with Crippen LogP contribution in [0.4, 0.5) is 5.69 Å². The summed E-state index contributed by atoms with van der Waals surface area (Å²) in [6.45, 7) is 1.88. The van der Waals surface area contributed by atoms with Crippen molar-refractivity contribution in [3.8, 4) is 0 Å². The first-order chi connectivity index (χ1) is 10.2. The summed E-state index contributed by atoms with van der Waals surface area (Å²) in [6.07, 6.45) is 9.27. The molecule has 1 aromatic rings. The molecule has 0 radical (unpaired) electrons. The molecule has 0 aromatic heterocycles. The van der Waals surface area contributed by atoms with E-state index >= 15 is 0 Å². The zero-order chi connectivity index (χ0) is 14.7. The third kappa shape index (κ3) is 3.83. The first kappa shape index (κ1) is 17.3. The van der Waals surface area contributed by atoms with Crippen LogP contribution in [0.5, 0.6) is 0 Å². The van der Waals surface area contributed by atoms with Gasteiger partial charge in [-0.25, -0.2) is 13.1 Å². The normalized spacial score (nSPS) is 21.6. The topological polar surface area (TPSA) is 49.4 Å². The van der Waals surface area contributed by atoms with E-state index in [9.17, 15) is 8.42 Å². The fraction of sp³-hybridized carbons (Fsp3) is 0.500. The Bertz CT molecular complexity index is 625. The van der Waals surface area contributed by atoms with E-state index in [2.05, 4.69) is 9.62 Å². The third-order valence-electron chi connectivity index (χ3n) is 4.17. The number of sulfonamides is 1. The molecule has 0 bridgehead atoms. The second-order valence-electron chi connectivity index (χ2n) is 5.75. The SMILES string of the molecule is Cl.O=S(=O)(NC1C=CCC1)c1ccccc1N1CCCCC1. The van der Waals surface area contributed by atoms with Crippen LogP contribution >= 0.6 is 12.4 Å². The number of hydrogen-bond donors (Lipinski definition) is 1. The molecule has 1 unspecified atom stereocenters. The number of halogens is 1. The quantitative estimate of drug-likeness (QED) is 0.855. The van der Waals surface area contributed by atoms with Gasteiger partial charge < -0.3 is 4.90 Å². The van der Waals surface area contributed by atoms with Gasteiger partial charge >= 0.3 is 0 Å². The van der Waals surface area contributed by atoms with Crippen LogP contribution in [-0.2, 0) is 10.0 Å². The van der Waals surface area contributed by atoms with Gasteiger partial charge in [-0.1, -0.05) is 24.3 Å². The predicted octanol–water partition coefficient (Wildman–Crippen LogP) is 3.10.